The maximum Gasteiger partial charge on any atom is 0.123 e. The Labute approximate surface area is 151 Å². The summed E-state index contributed by atoms with van der Waals surface area (Å²) in [5, 5.41) is 4.67. The SMILES string of the molecule is COc1ccc(C(Cc2ccc(F)cc2)NCc2cnc(C)s2)cc1. The molecule has 130 valence electrons. The standard InChI is InChI=1S/C20H21FN2OS/c1-14-22-12-19(25-14)13-23-20(11-15-3-7-17(21)8-4-15)16-5-9-18(24-2)10-6-16/h3-10,12,20,23H,11,13H2,1-2H3. The van der Waals surface area contributed by atoms with Crippen molar-refractivity contribution in [1.82, 2.24) is 10.3 Å². The van der Waals surface area contributed by atoms with Gasteiger partial charge in [0, 0.05) is 23.7 Å². The first kappa shape index (κ1) is 17.6. The summed E-state index contributed by atoms with van der Waals surface area (Å²) < 4.78 is 18.4. The summed E-state index contributed by atoms with van der Waals surface area (Å²) in [5.41, 5.74) is 2.27. The summed E-state index contributed by atoms with van der Waals surface area (Å²) in [5.74, 6) is 0.625. The van der Waals surface area contributed by atoms with E-state index in [2.05, 4.69) is 22.4 Å². The molecule has 0 saturated carbocycles. The predicted octanol–water partition coefficient (Wildman–Crippen LogP) is 4.67. The van der Waals surface area contributed by atoms with E-state index in [1.54, 1.807) is 18.4 Å². The molecule has 1 atom stereocenters. The van der Waals surface area contributed by atoms with Gasteiger partial charge >= 0.3 is 0 Å². The van der Waals surface area contributed by atoms with Crippen molar-refractivity contribution in [1.29, 1.82) is 0 Å². The molecule has 2 aromatic carbocycles. The zero-order valence-corrected chi connectivity index (χ0v) is 15.1. The van der Waals surface area contributed by atoms with Gasteiger partial charge in [0.05, 0.1) is 12.1 Å². The van der Waals surface area contributed by atoms with Gasteiger partial charge in [-0.1, -0.05) is 24.3 Å². The fraction of sp³-hybridized carbons (Fsp3) is 0.250. The quantitative estimate of drug-likeness (QED) is 0.668. The van der Waals surface area contributed by atoms with Gasteiger partial charge in [-0.3, -0.25) is 0 Å². The van der Waals surface area contributed by atoms with Crippen LogP contribution >= 0.6 is 11.3 Å². The highest BCUT2D eigenvalue weighted by molar-refractivity contribution is 7.11. The van der Waals surface area contributed by atoms with E-state index in [4.69, 9.17) is 4.74 Å². The van der Waals surface area contributed by atoms with Gasteiger partial charge in [0.25, 0.3) is 0 Å². The largest absolute Gasteiger partial charge is 0.497 e. The van der Waals surface area contributed by atoms with Crippen LogP contribution in [0.1, 0.15) is 27.1 Å². The van der Waals surface area contributed by atoms with Gasteiger partial charge < -0.3 is 10.1 Å². The smallest absolute Gasteiger partial charge is 0.123 e. The number of ether oxygens (including phenoxy) is 1. The minimum atomic E-state index is -0.210. The van der Waals surface area contributed by atoms with Crippen LogP contribution in [0.2, 0.25) is 0 Å². The molecule has 1 heterocycles. The van der Waals surface area contributed by atoms with E-state index in [-0.39, 0.29) is 11.9 Å². The van der Waals surface area contributed by atoms with Gasteiger partial charge in [-0.05, 0) is 48.7 Å². The first-order valence-corrected chi connectivity index (χ1v) is 8.99. The molecule has 3 aromatic rings. The van der Waals surface area contributed by atoms with Gasteiger partial charge in [-0.15, -0.1) is 11.3 Å². The second-order valence-electron chi connectivity index (χ2n) is 5.88. The van der Waals surface area contributed by atoms with Crippen molar-refractivity contribution in [2.24, 2.45) is 0 Å². The van der Waals surface area contributed by atoms with Gasteiger partial charge in [0.15, 0.2) is 0 Å². The normalized spacial score (nSPS) is 12.1. The van der Waals surface area contributed by atoms with E-state index in [9.17, 15) is 4.39 Å². The number of methoxy groups -OCH3 is 1. The van der Waals surface area contributed by atoms with Crippen LogP contribution in [0.15, 0.2) is 54.7 Å². The molecular weight excluding hydrogens is 335 g/mol. The van der Waals surface area contributed by atoms with Gasteiger partial charge in [0.2, 0.25) is 0 Å². The minimum absolute atomic E-state index is 0.124. The Kier molecular flexibility index (Phi) is 5.79. The molecule has 0 fully saturated rings. The Hall–Kier alpha value is -2.24. The van der Waals surface area contributed by atoms with E-state index < -0.39 is 0 Å². The fourth-order valence-corrected chi connectivity index (χ4v) is 3.46. The highest BCUT2D eigenvalue weighted by atomic mass is 32.1. The molecule has 0 spiro atoms. The molecule has 0 aliphatic rings. The Balaban J connectivity index is 1.77. The van der Waals surface area contributed by atoms with E-state index >= 15 is 0 Å². The number of nitrogens with one attached hydrogen (secondary N) is 1. The number of aryl methyl sites for hydroxylation is 1. The summed E-state index contributed by atoms with van der Waals surface area (Å²) >= 11 is 1.70. The first-order chi connectivity index (χ1) is 12.1. The molecule has 0 saturated heterocycles. The third kappa shape index (κ3) is 4.87. The van der Waals surface area contributed by atoms with E-state index in [0.717, 1.165) is 29.3 Å². The number of rotatable bonds is 7. The number of hydrogen-bond donors (Lipinski definition) is 1. The Morgan fingerprint density at radius 2 is 1.84 bits per heavy atom. The lowest BCUT2D eigenvalue weighted by Gasteiger charge is -2.19. The first-order valence-electron chi connectivity index (χ1n) is 8.17. The number of thiazole rings is 1. The van der Waals surface area contributed by atoms with E-state index in [0.29, 0.717) is 0 Å². The molecule has 1 unspecified atom stereocenters. The van der Waals surface area contributed by atoms with Crippen LogP contribution in [0.25, 0.3) is 0 Å². The van der Waals surface area contributed by atoms with Crippen LogP contribution in [0, 0.1) is 12.7 Å². The molecule has 25 heavy (non-hydrogen) atoms. The number of hydrogen-bond acceptors (Lipinski definition) is 4. The van der Waals surface area contributed by atoms with Crippen LogP contribution in [-0.2, 0) is 13.0 Å². The summed E-state index contributed by atoms with van der Waals surface area (Å²) in [7, 11) is 1.66. The summed E-state index contributed by atoms with van der Waals surface area (Å²) in [6, 6.07) is 14.9. The lowest BCUT2D eigenvalue weighted by atomic mass is 9.98. The average Bonchev–Trinajstić information content (AvgIpc) is 3.06. The number of nitrogens with zero attached hydrogens (tertiary/aromatic N) is 1. The lowest BCUT2D eigenvalue weighted by Crippen LogP contribution is -2.22. The molecular formula is C20H21FN2OS. The van der Waals surface area contributed by atoms with Crippen LogP contribution in [0.3, 0.4) is 0 Å². The Bertz CT molecular complexity index is 799. The van der Waals surface area contributed by atoms with Crippen molar-refractivity contribution in [3.63, 3.8) is 0 Å². The van der Waals surface area contributed by atoms with Gasteiger partial charge in [-0.2, -0.15) is 0 Å². The van der Waals surface area contributed by atoms with Crippen molar-refractivity contribution >= 4 is 11.3 Å². The number of aromatic nitrogens is 1. The molecule has 1 aromatic heterocycles. The molecule has 1 N–H and O–H groups in total. The van der Waals surface area contributed by atoms with Crippen LogP contribution in [0.5, 0.6) is 5.75 Å². The molecule has 0 bridgehead atoms. The number of benzene rings is 2. The molecule has 3 nitrogen and oxygen atoms in total. The zero-order valence-electron chi connectivity index (χ0n) is 14.3. The van der Waals surface area contributed by atoms with E-state index in [1.807, 2.05) is 37.4 Å². The van der Waals surface area contributed by atoms with Crippen molar-refractivity contribution in [2.75, 3.05) is 7.11 Å². The maximum atomic E-state index is 13.2. The van der Waals surface area contributed by atoms with Gasteiger partial charge in [-0.25, -0.2) is 9.37 Å². The molecule has 0 aliphatic carbocycles. The Morgan fingerprint density at radius 3 is 2.44 bits per heavy atom. The van der Waals surface area contributed by atoms with Crippen LogP contribution in [-0.4, -0.2) is 12.1 Å². The van der Waals surface area contributed by atoms with Crippen molar-refractivity contribution in [3.8, 4) is 5.75 Å². The van der Waals surface area contributed by atoms with Crippen molar-refractivity contribution in [2.45, 2.75) is 25.9 Å². The highest BCUT2D eigenvalue weighted by Gasteiger charge is 2.13. The second-order valence-corrected chi connectivity index (χ2v) is 7.20. The maximum absolute atomic E-state index is 13.2. The monoisotopic (exact) mass is 356 g/mol. The van der Waals surface area contributed by atoms with Crippen LogP contribution in [0.4, 0.5) is 4.39 Å². The fourth-order valence-electron chi connectivity index (χ4n) is 2.71. The Morgan fingerprint density at radius 1 is 1.12 bits per heavy atom. The highest BCUT2D eigenvalue weighted by Crippen LogP contribution is 2.23. The molecule has 0 amide bonds. The van der Waals surface area contributed by atoms with Crippen molar-refractivity contribution in [3.05, 3.63) is 81.6 Å². The summed E-state index contributed by atoms with van der Waals surface area (Å²) in [4.78, 5) is 5.51. The molecule has 0 radical (unpaired) electrons. The topological polar surface area (TPSA) is 34.1 Å². The van der Waals surface area contributed by atoms with E-state index in [1.165, 1.54) is 22.6 Å². The minimum Gasteiger partial charge on any atom is -0.497 e. The average molecular weight is 356 g/mol. The molecule has 5 heteroatoms. The predicted molar refractivity (Wildman–Crippen MR) is 99.5 cm³/mol. The molecule has 3 rings (SSSR count). The van der Waals surface area contributed by atoms with Crippen molar-refractivity contribution < 1.29 is 9.13 Å². The zero-order chi connectivity index (χ0) is 17.6. The van der Waals surface area contributed by atoms with Gasteiger partial charge in [0.1, 0.15) is 11.6 Å². The summed E-state index contributed by atoms with van der Waals surface area (Å²) in [6.07, 6.45) is 2.69. The third-order valence-electron chi connectivity index (χ3n) is 4.06. The molecule has 0 aliphatic heterocycles. The number of halogens is 1. The summed E-state index contributed by atoms with van der Waals surface area (Å²) in [6.45, 7) is 2.76. The van der Waals surface area contributed by atoms with Crippen LogP contribution < -0.4 is 10.1 Å². The lowest BCUT2D eigenvalue weighted by molar-refractivity contribution is 0.414. The second kappa shape index (κ2) is 8.23. The third-order valence-corrected chi connectivity index (χ3v) is 4.98.